The molecule has 1 aromatic heterocycles. The van der Waals surface area contributed by atoms with Crippen LogP contribution in [0.4, 0.5) is 0 Å². The zero-order valence-corrected chi connectivity index (χ0v) is 12.1. The van der Waals surface area contributed by atoms with Crippen molar-refractivity contribution in [2.75, 3.05) is 6.54 Å². The van der Waals surface area contributed by atoms with Crippen molar-refractivity contribution in [3.63, 3.8) is 0 Å². The maximum absolute atomic E-state index is 4.33. The highest BCUT2D eigenvalue weighted by Gasteiger charge is 2.01. The third kappa shape index (κ3) is 4.21. The minimum Gasteiger partial charge on any atom is -0.312 e. The first-order valence-corrected chi connectivity index (χ1v) is 6.92. The summed E-state index contributed by atoms with van der Waals surface area (Å²) in [6, 6.07) is 10.8. The predicted molar refractivity (Wildman–Crippen MR) is 79.1 cm³/mol. The van der Waals surface area contributed by atoms with Crippen LogP contribution < -0.4 is 5.32 Å². The first kappa shape index (κ1) is 13.8. The van der Waals surface area contributed by atoms with Crippen LogP contribution in [0.25, 0.3) is 0 Å². The molecule has 0 atom stereocenters. The van der Waals surface area contributed by atoms with Gasteiger partial charge in [0.05, 0.1) is 6.54 Å². The first-order chi connectivity index (χ1) is 9.15. The van der Waals surface area contributed by atoms with Crippen LogP contribution in [-0.2, 0) is 13.1 Å². The number of aromatic nitrogens is 2. The van der Waals surface area contributed by atoms with Gasteiger partial charge in [-0.1, -0.05) is 38.1 Å². The summed E-state index contributed by atoms with van der Waals surface area (Å²) in [7, 11) is 0. The van der Waals surface area contributed by atoms with Crippen LogP contribution in [0.1, 0.15) is 30.7 Å². The second-order valence-electron chi connectivity index (χ2n) is 5.47. The van der Waals surface area contributed by atoms with Gasteiger partial charge in [-0.15, -0.1) is 0 Å². The van der Waals surface area contributed by atoms with Crippen molar-refractivity contribution < 1.29 is 0 Å². The van der Waals surface area contributed by atoms with E-state index in [4.69, 9.17) is 0 Å². The molecule has 0 aliphatic rings. The summed E-state index contributed by atoms with van der Waals surface area (Å²) in [5, 5.41) is 7.80. The standard InChI is InChI=1S/C16H23N3/c1-13(2)10-17-11-15-5-4-6-16(9-15)12-19-14(3)7-8-18-19/h4-9,13,17H,10-12H2,1-3H3. The molecule has 0 radical (unpaired) electrons. The molecule has 0 saturated carbocycles. The van der Waals surface area contributed by atoms with Gasteiger partial charge in [-0.2, -0.15) is 5.10 Å². The number of nitrogens with one attached hydrogen (secondary N) is 1. The van der Waals surface area contributed by atoms with Gasteiger partial charge < -0.3 is 5.32 Å². The van der Waals surface area contributed by atoms with Crippen LogP contribution in [-0.4, -0.2) is 16.3 Å². The number of nitrogens with zero attached hydrogens (tertiary/aromatic N) is 2. The average Bonchev–Trinajstić information content (AvgIpc) is 2.75. The van der Waals surface area contributed by atoms with E-state index < -0.39 is 0 Å². The number of hydrogen-bond acceptors (Lipinski definition) is 2. The molecule has 1 aromatic carbocycles. The summed E-state index contributed by atoms with van der Waals surface area (Å²) in [4.78, 5) is 0. The Hall–Kier alpha value is -1.61. The van der Waals surface area contributed by atoms with Gasteiger partial charge in [0, 0.05) is 18.4 Å². The van der Waals surface area contributed by atoms with Crippen LogP contribution in [0.2, 0.25) is 0 Å². The minimum absolute atomic E-state index is 0.690. The van der Waals surface area contributed by atoms with Crippen LogP contribution in [0.15, 0.2) is 36.5 Å². The van der Waals surface area contributed by atoms with Crippen molar-refractivity contribution in [1.29, 1.82) is 0 Å². The Labute approximate surface area is 115 Å². The molecule has 0 aliphatic heterocycles. The van der Waals surface area contributed by atoms with Gasteiger partial charge >= 0.3 is 0 Å². The van der Waals surface area contributed by atoms with Crippen LogP contribution >= 0.6 is 0 Å². The fourth-order valence-corrected chi connectivity index (χ4v) is 2.08. The molecule has 1 N–H and O–H groups in total. The van der Waals surface area contributed by atoms with Gasteiger partial charge in [0.25, 0.3) is 0 Å². The second kappa shape index (κ2) is 6.53. The normalized spacial score (nSPS) is 11.2. The van der Waals surface area contributed by atoms with E-state index in [0.717, 1.165) is 19.6 Å². The van der Waals surface area contributed by atoms with Crippen molar-refractivity contribution >= 4 is 0 Å². The maximum Gasteiger partial charge on any atom is 0.0662 e. The number of hydrogen-bond donors (Lipinski definition) is 1. The van der Waals surface area contributed by atoms with Gasteiger partial charge in [0.15, 0.2) is 0 Å². The fraction of sp³-hybridized carbons (Fsp3) is 0.438. The highest BCUT2D eigenvalue weighted by atomic mass is 15.3. The maximum atomic E-state index is 4.33. The number of rotatable bonds is 6. The Morgan fingerprint density at radius 3 is 2.68 bits per heavy atom. The largest absolute Gasteiger partial charge is 0.312 e. The van der Waals surface area contributed by atoms with Crippen LogP contribution in [0, 0.1) is 12.8 Å². The molecule has 0 amide bonds. The Morgan fingerprint density at radius 2 is 2.00 bits per heavy atom. The summed E-state index contributed by atoms with van der Waals surface area (Å²) in [5.74, 6) is 0.690. The molecule has 2 aromatic rings. The van der Waals surface area contributed by atoms with E-state index in [2.05, 4.69) is 55.5 Å². The van der Waals surface area contributed by atoms with Crippen molar-refractivity contribution in [1.82, 2.24) is 15.1 Å². The average molecular weight is 257 g/mol. The summed E-state index contributed by atoms with van der Waals surface area (Å²) >= 11 is 0. The van der Waals surface area contributed by atoms with E-state index in [-0.39, 0.29) is 0 Å². The molecule has 0 saturated heterocycles. The lowest BCUT2D eigenvalue weighted by Gasteiger charge is -2.09. The van der Waals surface area contributed by atoms with E-state index in [1.165, 1.54) is 16.8 Å². The van der Waals surface area contributed by atoms with E-state index in [1.807, 2.05) is 16.9 Å². The topological polar surface area (TPSA) is 29.9 Å². The summed E-state index contributed by atoms with van der Waals surface area (Å²) in [5.41, 5.74) is 3.84. The van der Waals surface area contributed by atoms with E-state index >= 15 is 0 Å². The molecule has 3 heteroatoms. The monoisotopic (exact) mass is 257 g/mol. The molecule has 102 valence electrons. The Kier molecular flexibility index (Phi) is 4.74. The number of benzene rings is 1. The van der Waals surface area contributed by atoms with Crippen molar-refractivity contribution in [3.8, 4) is 0 Å². The van der Waals surface area contributed by atoms with E-state index in [0.29, 0.717) is 5.92 Å². The Morgan fingerprint density at radius 1 is 1.21 bits per heavy atom. The predicted octanol–water partition coefficient (Wildman–Crippen LogP) is 2.99. The highest BCUT2D eigenvalue weighted by Crippen LogP contribution is 2.08. The molecule has 0 bridgehead atoms. The third-order valence-corrected chi connectivity index (χ3v) is 3.13. The van der Waals surface area contributed by atoms with Crippen LogP contribution in [0.3, 0.4) is 0 Å². The van der Waals surface area contributed by atoms with Gasteiger partial charge in [0.2, 0.25) is 0 Å². The van der Waals surface area contributed by atoms with Gasteiger partial charge in [-0.3, -0.25) is 4.68 Å². The Balaban J connectivity index is 1.97. The lowest BCUT2D eigenvalue weighted by molar-refractivity contribution is 0.552. The quantitative estimate of drug-likeness (QED) is 0.862. The molecular formula is C16H23N3. The molecule has 19 heavy (non-hydrogen) atoms. The fourth-order valence-electron chi connectivity index (χ4n) is 2.08. The van der Waals surface area contributed by atoms with Crippen molar-refractivity contribution in [2.24, 2.45) is 5.92 Å². The SMILES string of the molecule is Cc1ccnn1Cc1cccc(CNCC(C)C)c1. The highest BCUT2D eigenvalue weighted by molar-refractivity contribution is 5.24. The van der Waals surface area contributed by atoms with Crippen LogP contribution in [0.5, 0.6) is 0 Å². The van der Waals surface area contributed by atoms with Gasteiger partial charge in [0.1, 0.15) is 0 Å². The molecule has 3 nitrogen and oxygen atoms in total. The van der Waals surface area contributed by atoms with E-state index in [1.54, 1.807) is 0 Å². The van der Waals surface area contributed by atoms with Crippen molar-refractivity contribution in [3.05, 3.63) is 53.3 Å². The van der Waals surface area contributed by atoms with E-state index in [9.17, 15) is 0 Å². The Bertz CT molecular complexity index is 514. The second-order valence-corrected chi connectivity index (χ2v) is 5.47. The van der Waals surface area contributed by atoms with Gasteiger partial charge in [-0.05, 0) is 36.6 Å². The smallest absolute Gasteiger partial charge is 0.0662 e. The zero-order valence-electron chi connectivity index (χ0n) is 12.1. The molecule has 0 aliphatic carbocycles. The molecule has 0 unspecified atom stereocenters. The zero-order chi connectivity index (χ0) is 13.7. The summed E-state index contributed by atoms with van der Waals surface area (Å²) in [6.07, 6.45) is 1.85. The molecular weight excluding hydrogens is 234 g/mol. The lowest BCUT2D eigenvalue weighted by atomic mass is 10.1. The van der Waals surface area contributed by atoms with Gasteiger partial charge in [-0.25, -0.2) is 0 Å². The summed E-state index contributed by atoms with van der Waals surface area (Å²) in [6.45, 7) is 9.37. The lowest BCUT2D eigenvalue weighted by Crippen LogP contribution is -2.19. The number of aryl methyl sites for hydroxylation is 1. The summed E-state index contributed by atoms with van der Waals surface area (Å²) < 4.78 is 2.03. The molecule has 0 spiro atoms. The molecule has 1 heterocycles. The molecule has 0 fully saturated rings. The third-order valence-electron chi connectivity index (χ3n) is 3.13. The van der Waals surface area contributed by atoms with Crippen molar-refractivity contribution in [2.45, 2.75) is 33.9 Å². The first-order valence-electron chi connectivity index (χ1n) is 6.92. The molecule has 2 rings (SSSR count). The minimum atomic E-state index is 0.690.